The number of rotatable bonds is 2. The van der Waals surface area contributed by atoms with Crippen molar-refractivity contribution in [1.29, 1.82) is 0 Å². The van der Waals surface area contributed by atoms with E-state index in [-0.39, 0.29) is 0 Å². The van der Waals surface area contributed by atoms with Crippen molar-refractivity contribution in [3.05, 3.63) is 38.8 Å². The Bertz CT molecular complexity index is 188. The zero-order valence-electron chi connectivity index (χ0n) is 4.62. The third kappa shape index (κ3) is 2.09. The first kappa shape index (κ1) is 6.67. The van der Waals surface area contributed by atoms with Gasteiger partial charge in [0, 0.05) is 0 Å². The van der Waals surface area contributed by atoms with Crippen LogP contribution >= 0.6 is 0 Å². The van der Waals surface area contributed by atoms with Crippen molar-refractivity contribution < 1.29 is 21.5 Å². The van der Waals surface area contributed by atoms with Crippen LogP contribution in [0.5, 0.6) is 0 Å². The molecule has 0 unspecified atom stereocenters. The van der Waals surface area contributed by atoms with E-state index in [4.69, 9.17) is 0 Å². The molecule has 0 heterocycles. The van der Waals surface area contributed by atoms with Crippen LogP contribution in [0.4, 0.5) is 0 Å². The number of halogens is 1. The summed E-state index contributed by atoms with van der Waals surface area (Å²) in [5.74, 6) is 0. The molecule has 1 aromatic rings. The van der Waals surface area contributed by atoms with Gasteiger partial charge in [0.15, 0.2) is 0 Å². The first-order valence-electron chi connectivity index (χ1n) is 2.45. The molecular formula is C6H5INO-. The van der Waals surface area contributed by atoms with Crippen LogP contribution in [0.3, 0.4) is 0 Å². The Labute approximate surface area is 63.9 Å². The normalized spacial score (nSPS) is 9.33. The molecule has 0 amide bonds. The van der Waals surface area contributed by atoms with Crippen LogP contribution in [0, 0.1) is 8.48 Å². The molecule has 0 aliphatic heterocycles. The van der Waals surface area contributed by atoms with Gasteiger partial charge in [-0.25, -0.2) is 0 Å². The molecule has 2 nitrogen and oxygen atoms in total. The molecule has 0 spiro atoms. The summed E-state index contributed by atoms with van der Waals surface area (Å²) >= 11 is -0.601. The summed E-state index contributed by atoms with van der Waals surface area (Å²) in [5, 5.41) is 0. The van der Waals surface area contributed by atoms with E-state index in [1.54, 1.807) is 0 Å². The molecule has 1 rings (SSSR count). The van der Waals surface area contributed by atoms with Crippen molar-refractivity contribution in [3.8, 4) is 0 Å². The summed E-state index contributed by atoms with van der Waals surface area (Å²) in [5.41, 5.74) is 0. The van der Waals surface area contributed by atoms with Gasteiger partial charge in [-0.15, -0.1) is 0 Å². The third-order valence-electron chi connectivity index (χ3n) is 0.865. The van der Waals surface area contributed by atoms with E-state index in [9.17, 15) is 4.91 Å². The molecular weight excluding hydrogens is 229 g/mol. The number of hydrogen-bond acceptors (Lipinski definition) is 2. The molecule has 0 saturated carbocycles. The monoisotopic (exact) mass is 234 g/mol. The zero-order valence-corrected chi connectivity index (χ0v) is 6.78. The third-order valence-corrected chi connectivity index (χ3v) is 2.34. The molecule has 0 atom stereocenters. The van der Waals surface area contributed by atoms with Crippen molar-refractivity contribution >= 4 is 0 Å². The Morgan fingerprint density at radius 2 is 1.89 bits per heavy atom. The second-order valence-corrected chi connectivity index (χ2v) is 3.57. The quantitative estimate of drug-likeness (QED) is 0.458. The summed E-state index contributed by atoms with van der Waals surface area (Å²) in [6, 6.07) is 9.61. The van der Waals surface area contributed by atoms with E-state index in [0.717, 1.165) is 3.57 Å². The van der Waals surface area contributed by atoms with Crippen LogP contribution in [0.25, 0.3) is 0 Å². The van der Waals surface area contributed by atoms with Crippen LogP contribution in [0.15, 0.2) is 33.7 Å². The van der Waals surface area contributed by atoms with Gasteiger partial charge < -0.3 is 0 Å². The minimum absolute atomic E-state index is 0.601. The Hall–Kier alpha value is -0.450. The van der Waals surface area contributed by atoms with Crippen molar-refractivity contribution in [3.63, 3.8) is 0 Å². The summed E-state index contributed by atoms with van der Waals surface area (Å²) in [7, 11) is 0. The van der Waals surface area contributed by atoms with Gasteiger partial charge in [-0.3, -0.25) is 0 Å². The van der Waals surface area contributed by atoms with Crippen molar-refractivity contribution in [2.24, 2.45) is 3.39 Å². The van der Waals surface area contributed by atoms with Crippen molar-refractivity contribution in [2.45, 2.75) is 0 Å². The predicted molar refractivity (Wildman–Crippen MR) is 30.9 cm³/mol. The molecule has 0 aromatic heterocycles. The fraction of sp³-hybridized carbons (Fsp3) is 0. The van der Waals surface area contributed by atoms with Crippen LogP contribution in [0.1, 0.15) is 0 Å². The summed E-state index contributed by atoms with van der Waals surface area (Å²) in [6.45, 7) is 0. The minimum atomic E-state index is -0.601. The van der Waals surface area contributed by atoms with Crippen LogP contribution in [0.2, 0.25) is 0 Å². The average molecular weight is 234 g/mol. The van der Waals surface area contributed by atoms with Gasteiger partial charge in [0.2, 0.25) is 0 Å². The number of nitroso groups, excluding NO2 is 1. The molecule has 1 aromatic carbocycles. The molecule has 0 N–H and O–H groups in total. The van der Waals surface area contributed by atoms with Gasteiger partial charge >= 0.3 is 63.7 Å². The predicted octanol–water partition coefficient (Wildman–Crippen LogP) is -1.37. The molecule has 3 heteroatoms. The number of benzene rings is 1. The Morgan fingerprint density at radius 1 is 1.22 bits per heavy atom. The summed E-state index contributed by atoms with van der Waals surface area (Å²) in [6.07, 6.45) is 0. The van der Waals surface area contributed by atoms with Crippen molar-refractivity contribution in [2.75, 3.05) is 0 Å². The molecule has 0 aliphatic carbocycles. The molecule has 48 valence electrons. The number of hydrogen-bond donors (Lipinski definition) is 0. The van der Waals surface area contributed by atoms with Crippen molar-refractivity contribution in [1.82, 2.24) is 0 Å². The molecule has 0 fully saturated rings. The Balaban J connectivity index is 2.72. The van der Waals surface area contributed by atoms with E-state index in [0.29, 0.717) is 0 Å². The molecule has 9 heavy (non-hydrogen) atoms. The van der Waals surface area contributed by atoms with Crippen LogP contribution < -0.4 is 21.5 Å². The van der Waals surface area contributed by atoms with Gasteiger partial charge in [0.05, 0.1) is 0 Å². The Morgan fingerprint density at radius 3 is 2.44 bits per heavy atom. The molecule has 0 aliphatic rings. The molecule has 0 bridgehead atoms. The van der Waals surface area contributed by atoms with E-state index in [1.807, 2.05) is 30.3 Å². The van der Waals surface area contributed by atoms with Gasteiger partial charge in [-0.2, -0.15) is 0 Å². The average Bonchev–Trinajstić information content (AvgIpc) is 1.91. The van der Waals surface area contributed by atoms with Gasteiger partial charge in [-0.05, 0) is 0 Å². The second kappa shape index (κ2) is 3.55. The Kier molecular flexibility index (Phi) is 2.63. The van der Waals surface area contributed by atoms with E-state index >= 15 is 0 Å². The van der Waals surface area contributed by atoms with Crippen LogP contribution in [-0.4, -0.2) is 0 Å². The van der Waals surface area contributed by atoms with E-state index in [1.165, 1.54) is 0 Å². The fourth-order valence-electron chi connectivity index (χ4n) is 0.511. The fourth-order valence-corrected chi connectivity index (χ4v) is 1.48. The first-order chi connectivity index (χ1) is 4.43. The molecule has 0 saturated heterocycles. The molecule has 0 radical (unpaired) electrons. The van der Waals surface area contributed by atoms with Crippen LogP contribution in [-0.2, 0) is 0 Å². The van der Waals surface area contributed by atoms with E-state index < -0.39 is 21.5 Å². The summed E-state index contributed by atoms with van der Waals surface area (Å²) in [4.78, 5) is 9.77. The van der Waals surface area contributed by atoms with Gasteiger partial charge in [-0.1, -0.05) is 0 Å². The first-order valence-corrected chi connectivity index (χ1v) is 4.49. The number of nitrogens with zero attached hydrogens (tertiary/aromatic N) is 1. The summed E-state index contributed by atoms with van der Waals surface area (Å²) < 4.78 is 3.94. The maximum atomic E-state index is 9.77. The maximum absolute atomic E-state index is 9.77. The zero-order chi connectivity index (χ0) is 6.53. The SMILES string of the molecule is O=N[I-]c1ccccc1. The topological polar surface area (TPSA) is 29.4 Å². The standard InChI is InChI=1S/C6H5INO/c9-8-7-6-4-2-1-3-5-6/h1-5H/q-1. The second-order valence-electron chi connectivity index (χ2n) is 1.45. The van der Waals surface area contributed by atoms with E-state index in [2.05, 4.69) is 3.39 Å². The van der Waals surface area contributed by atoms with Gasteiger partial charge in [0.1, 0.15) is 0 Å². The van der Waals surface area contributed by atoms with Gasteiger partial charge in [0.25, 0.3) is 0 Å².